The van der Waals surface area contributed by atoms with Crippen LogP contribution in [0.1, 0.15) is 226 Å². The maximum Gasteiger partial charge on any atom is 0.249 e. The molecule has 0 aliphatic heterocycles. The summed E-state index contributed by atoms with van der Waals surface area (Å²) < 4.78 is 0. The molecule has 0 spiro atoms. The van der Waals surface area contributed by atoms with Gasteiger partial charge >= 0.3 is 0 Å². The second kappa shape index (κ2) is 36.6. The third-order valence-corrected chi connectivity index (χ3v) is 10.1. The van der Waals surface area contributed by atoms with Gasteiger partial charge in [0.1, 0.15) is 12.2 Å². The molecular formula is C41H83NO5. The molecule has 4 atom stereocenters. The minimum absolute atomic E-state index is 0.375. The molecule has 0 saturated heterocycles. The number of aliphatic hydroxyl groups excluding tert-OH is 4. The molecule has 0 aromatic carbocycles. The van der Waals surface area contributed by atoms with Crippen LogP contribution in [0, 0.1) is 0 Å². The van der Waals surface area contributed by atoms with Gasteiger partial charge < -0.3 is 25.7 Å². The molecule has 0 rings (SSSR count). The molecule has 0 aliphatic carbocycles. The fourth-order valence-corrected chi connectivity index (χ4v) is 6.70. The molecule has 4 unspecified atom stereocenters. The van der Waals surface area contributed by atoms with Crippen LogP contribution in [0.4, 0.5) is 0 Å². The van der Waals surface area contributed by atoms with Crippen LogP contribution in [0.5, 0.6) is 0 Å². The summed E-state index contributed by atoms with van der Waals surface area (Å²) >= 11 is 0. The van der Waals surface area contributed by atoms with Crippen molar-refractivity contribution >= 4 is 5.91 Å². The fourth-order valence-electron chi connectivity index (χ4n) is 6.70. The quantitative estimate of drug-likeness (QED) is 0.0420. The van der Waals surface area contributed by atoms with Crippen LogP contribution in [0.2, 0.25) is 0 Å². The molecule has 0 aromatic rings. The molecular weight excluding hydrogens is 586 g/mol. The standard InChI is InChI=1S/C41H83NO5/c1-3-5-7-9-11-12-13-14-15-16-17-18-19-20-21-22-23-24-25-26-27-29-31-33-35-39(45)41(47)42-37(36-43)40(46)38(44)34-32-30-28-10-8-6-4-2/h37-40,43-46H,3-36H2,1-2H3,(H,42,47). The van der Waals surface area contributed by atoms with Crippen molar-refractivity contribution in [1.29, 1.82) is 0 Å². The van der Waals surface area contributed by atoms with Gasteiger partial charge in [-0.25, -0.2) is 0 Å². The van der Waals surface area contributed by atoms with E-state index in [1.807, 2.05) is 0 Å². The zero-order chi connectivity index (χ0) is 34.6. The molecule has 0 fully saturated rings. The summed E-state index contributed by atoms with van der Waals surface area (Å²) in [6, 6.07) is -0.976. The van der Waals surface area contributed by atoms with Gasteiger partial charge in [0.25, 0.3) is 0 Å². The van der Waals surface area contributed by atoms with Gasteiger partial charge in [-0.2, -0.15) is 0 Å². The van der Waals surface area contributed by atoms with E-state index >= 15 is 0 Å². The average Bonchev–Trinajstić information content (AvgIpc) is 3.07. The van der Waals surface area contributed by atoms with Gasteiger partial charge in [0, 0.05) is 0 Å². The van der Waals surface area contributed by atoms with E-state index < -0.39 is 36.9 Å². The van der Waals surface area contributed by atoms with Crippen LogP contribution >= 0.6 is 0 Å². The number of hydrogen-bond donors (Lipinski definition) is 5. The number of unbranched alkanes of at least 4 members (excludes halogenated alkanes) is 29. The van der Waals surface area contributed by atoms with E-state index in [1.54, 1.807) is 0 Å². The lowest BCUT2D eigenvalue weighted by atomic mass is 9.99. The van der Waals surface area contributed by atoms with Crippen LogP contribution in [-0.4, -0.2) is 57.3 Å². The molecule has 0 aliphatic rings. The average molecular weight is 670 g/mol. The Bertz CT molecular complexity index is 633. The SMILES string of the molecule is CCCCCCCCCCCCCCCCCCCCCCCCCCC(O)C(=O)NC(CO)C(O)C(O)CCCCCCCCC. The smallest absolute Gasteiger partial charge is 0.249 e. The van der Waals surface area contributed by atoms with E-state index in [4.69, 9.17) is 0 Å². The van der Waals surface area contributed by atoms with E-state index in [9.17, 15) is 25.2 Å². The van der Waals surface area contributed by atoms with Crippen molar-refractivity contribution in [3.05, 3.63) is 0 Å². The first-order chi connectivity index (χ1) is 23.0. The molecule has 0 bridgehead atoms. The number of hydrogen-bond acceptors (Lipinski definition) is 5. The predicted octanol–water partition coefficient (Wildman–Crippen LogP) is 10.5. The monoisotopic (exact) mass is 670 g/mol. The van der Waals surface area contributed by atoms with Crippen LogP contribution < -0.4 is 5.32 Å². The van der Waals surface area contributed by atoms with Gasteiger partial charge in [0.05, 0.1) is 18.8 Å². The summed E-state index contributed by atoms with van der Waals surface area (Å²) in [5.41, 5.74) is 0. The van der Waals surface area contributed by atoms with Gasteiger partial charge in [-0.1, -0.05) is 213 Å². The minimum Gasteiger partial charge on any atom is -0.394 e. The van der Waals surface area contributed by atoms with Gasteiger partial charge in [-0.05, 0) is 12.8 Å². The Morgan fingerprint density at radius 3 is 1.02 bits per heavy atom. The predicted molar refractivity (Wildman–Crippen MR) is 201 cm³/mol. The summed E-state index contributed by atoms with van der Waals surface area (Å²) in [7, 11) is 0. The molecule has 282 valence electrons. The van der Waals surface area contributed by atoms with Crippen molar-refractivity contribution in [1.82, 2.24) is 5.32 Å². The van der Waals surface area contributed by atoms with Gasteiger partial charge in [-0.3, -0.25) is 4.79 Å². The molecule has 0 aromatic heterocycles. The highest BCUT2D eigenvalue weighted by atomic mass is 16.3. The Morgan fingerprint density at radius 1 is 0.447 bits per heavy atom. The van der Waals surface area contributed by atoms with E-state index in [0.717, 1.165) is 38.5 Å². The van der Waals surface area contributed by atoms with Crippen molar-refractivity contribution in [2.75, 3.05) is 6.61 Å². The van der Waals surface area contributed by atoms with Gasteiger partial charge in [0.15, 0.2) is 0 Å². The van der Waals surface area contributed by atoms with Gasteiger partial charge in [0.2, 0.25) is 5.91 Å². The van der Waals surface area contributed by atoms with Crippen LogP contribution in [0.3, 0.4) is 0 Å². The Labute approximate surface area is 292 Å². The number of nitrogens with one attached hydrogen (secondary N) is 1. The van der Waals surface area contributed by atoms with Crippen LogP contribution in [0.25, 0.3) is 0 Å². The molecule has 6 nitrogen and oxygen atoms in total. The summed E-state index contributed by atoms with van der Waals surface area (Å²) in [6.07, 6.45) is 37.4. The van der Waals surface area contributed by atoms with Crippen LogP contribution in [0.15, 0.2) is 0 Å². The maximum atomic E-state index is 12.4. The molecule has 0 heterocycles. The second-order valence-corrected chi connectivity index (χ2v) is 14.7. The highest BCUT2D eigenvalue weighted by molar-refractivity contribution is 5.80. The summed E-state index contributed by atoms with van der Waals surface area (Å²) in [4.78, 5) is 12.4. The highest BCUT2D eigenvalue weighted by Gasteiger charge is 2.28. The van der Waals surface area contributed by atoms with Gasteiger partial charge in [-0.15, -0.1) is 0 Å². The third kappa shape index (κ3) is 31.1. The summed E-state index contributed by atoms with van der Waals surface area (Å²) in [6.45, 7) is 4.00. The minimum atomic E-state index is -1.25. The number of amides is 1. The van der Waals surface area contributed by atoms with Crippen LogP contribution in [-0.2, 0) is 4.79 Å². The number of aliphatic hydroxyl groups is 4. The van der Waals surface area contributed by atoms with E-state index in [1.165, 1.54) is 161 Å². The first kappa shape index (κ1) is 46.3. The third-order valence-electron chi connectivity index (χ3n) is 10.1. The van der Waals surface area contributed by atoms with Crippen molar-refractivity contribution in [2.45, 2.75) is 250 Å². The lowest BCUT2D eigenvalue weighted by Crippen LogP contribution is -2.53. The Balaban J connectivity index is 3.57. The van der Waals surface area contributed by atoms with Crippen molar-refractivity contribution in [3.8, 4) is 0 Å². The molecule has 6 heteroatoms. The molecule has 1 amide bonds. The van der Waals surface area contributed by atoms with Crippen molar-refractivity contribution < 1.29 is 25.2 Å². The van der Waals surface area contributed by atoms with E-state index in [0.29, 0.717) is 12.8 Å². The first-order valence-electron chi connectivity index (χ1n) is 20.9. The lowest BCUT2D eigenvalue weighted by molar-refractivity contribution is -0.132. The van der Waals surface area contributed by atoms with E-state index in [-0.39, 0.29) is 0 Å². The Morgan fingerprint density at radius 2 is 0.723 bits per heavy atom. The highest BCUT2D eigenvalue weighted by Crippen LogP contribution is 2.17. The lowest BCUT2D eigenvalue weighted by Gasteiger charge is -2.27. The number of carbonyl (C=O) groups is 1. The zero-order valence-corrected chi connectivity index (χ0v) is 31.5. The van der Waals surface area contributed by atoms with Crippen molar-refractivity contribution in [2.24, 2.45) is 0 Å². The maximum absolute atomic E-state index is 12.4. The largest absolute Gasteiger partial charge is 0.394 e. The van der Waals surface area contributed by atoms with E-state index in [2.05, 4.69) is 19.2 Å². The van der Waals surface area contributed by atoms with Crippen molar-refractivity contribution in [3.63, 3.8) is 0 Å². The topological polar surface area (TPSA) is 110 Å². The summed E-state index contributed by atoms with van der Waals surface area (Å²) in [5, 5.41) is 43.3. The fraction of sp³-hybridized carbons (Fsp3) is 0.976. The second-order valence-electron chi connectivity index (χ2n) is 14.7. The Kier molecular flexibility index (Phi) is 36.0. The summed E-state index contributed by atoms with van der Waals surface area (Å²) in [5.74, 6) is -0.583. The normalized spacial score (nSPS) is 14.3. The molecule has 0 saturated carbocycles. The Hall–Kier alpha value is -0.690. The first-order valence-corrected chi connectivity index (χ1v) is 20.9. The number of rotatable bonds is 38. The molecule has 5 N–H and O–H groups in total. The molecule has 0 radical (unpaired) electrons. The molecule has 47 heavy (non-hydrogen) atoms. The zero-order valence-electron chi connectivity index (χ0n) is 31.5. The number of carbonyl (C=O) groups excluding carboxylic acids is 1.